The molecular formula is C14H30N2O. The number of methoxy groups -OCH3 is 1. The molecule has 1 aliphatic heterocycles. The molecule has 0 spiro atoms. The maximum atomic E-state index is 5.49. The molecule has 102 valence electrons. The summed E-state index contributed by atoms with van der Waals surface area (Å²) in [5, 5.41) is 0. The van der Waals surface area contributed by atoms with Crippen molar-refractivity contribution in [3.63, 3.8) is 0 Å². The summed E-state index contributed by atoms with van der Waals surface area (Å²) in [5.74, 6) is 0. The summed E-state index contributed by atoms with van der Waals surface area (Å²) in [4.78, 5) is 5.13. The minimum absolute atomic E-state index is 0.00954. The van der Waals surface area contributed by atoms with Crippen LogP contribution in [0.25, 0.3) is 0 Å². The minimum atomic E-state index is -0.00954. The molecule has 0 aromatic heterocycles. The molecule has 0 unspecified atom stereocenters. The zero-order valence-electron chi connectivity index (χ0n) is 12.2. The smallest absolute Gasteiger partial charge is 0.0749 e. The number of hydrogen-bond donors (Lipinski definition) is 0. The third kappa shape index (κ3) is 5.84. The van der Waals surface area contributed by atoms with Crippen molar-refractivity contribution >= 4 is 0 Å². The molecule has 0 radical (unpaired) electrons. The molecule has 1 saturated heterocycles. The molecule has 0 bridgehead atoms. The molecule has 0 aliphatic carbocycles. The lowest BCUT2D eigenvalue weighted by atomic mass is 10.1. The Morgan fingerprint density at radius 2 is 1.59 bits per heavy atom. The van der Waals surface area contributed by atoms with E-state index in [-0.39, 0.29) is 5.60 Å². The van der Waals surface area contributed by atoms with Crippen molar-refractivity contribution in [3.8, 4) is 0 Å². The van der Waals surface area contributed by atoms with Crippen molar-refractivity contribution in [3.05, 3.63) is 0 Å². The molecule has 0 amide bonds. The summed E-state index contributed by atoms with van der Waals surface area (Å²) in [7, 11) is 1.81. The topological polar surface area (TPSA) is 15.7 Å². The molecule has 0 atom stereocenters. The van der Waals surface area contributed by atoms with Crippen LogP contribution in [0, 0.1) is 0 Å². The number of piperazine rings is 1. The van der Waals surface area contributed by atoms with Gasteiger partial charge in [-0.2, -0.15) is 0 Å². The van der Waals surface area contributed by atoms with Gasteiger partial charge in [-0.1, -0.05) is 19.8 Å². The summed E-state index contributed by atoms with van der Waals surface area (Å²) >= 11 is 0. The molecule has 1 rings (SSSR count). The van der Waals surface area contributed by atoms with Crippen LogP contribution in [0.2, 0.25) is 0 Å². The van der Waals surface area contributed by atoms with Crippen LogP contribution in [0.15, 0.2) is 0 Å². The van der Waals surface area contributed by atoms with Gasteiger partial charge in [0.05, 0.1) is 5.60 Å². The van der Waals surface area contributed by atoms with E-state index in [0.717, 1.165) is 6.54 Å². The average Bonchev–Trinajstić information content (AvgIpc) is 2.31. The Labute approximate surface area is 107 Å². The van der Waals surface area contributed by atoms with Crippen molar-refractivity contribution < 1.29 is 4.74 Å². The lowest BCUT2D eigenvalue weighted by Crippen LogP contribution is -2.50. The Hall–Kier alpha value is -0.120. The van der Waals surface area contributed by atoms with Gasteiger partial charge in [0.2, 0.25) is 0 Å². The monoisotopic (exact) mass is 242 g/mol. The Kier molecular flexibility index (Phi) is 6.45. The van der Waals surface area contributed by atoms with E-state index in [1.807, 2.05) is 0 Å². The van der Waals surface area contributed by atoms with Gasteiger partial charge in [0.25, 0.3) is 0 Å². The molecule has 0 aromatic carbocycles. The zero-order chi connectivity index (χ0) is 12.7. The van der Waals surface area contributed by atoms with Crippen LogP contribution in [0.1, 0.15) is 40.0 Å². The second-order valence-electron chi connectivity index (χ2n) is 5.79. The van der Waals surface area contributed by atoms with E-state index in [2.05, 4.69) is 30.6 Å². The minimum Gasteiger partial charge on any atom is -0.377 e. The zero-order valence-corrected chi connectivity index (χ0v) is 12.2. The number of rotatable bonds is 7. The molecule has 17 heavy (non-hydrogen) atoms. The van der Waals surface area contributed by atoms with Gasteiger partial charge in [0, 0.05) is 39.8 Å². The molecule has 0 aromatic rings. The second kappa shape index (κ2) is 7.34. The SMILES string of the molecule is CCCCCN1CCN(CC(C)(C)OC)CC1. The lowest BCUT2D eigenvalue weighted by Gasteiger charge is -2.38. The fourth-order valence-corrected chi connectivity index (χ4v) is 2.36. The highest BCUT2D eigenvalue weighted by molar-refractivity contribution is 4.79. The fraction of sp³-hybridized carbons (Fsp3) is 1.00. The first-order valence-corrected chi connectivity index (χ1v) is 7.07. The van der Waals surface area contributed by atoms with Crippen LogP contribution >= 0.6 is 0 Å². The lowest BCUT2D eigenvalue weighted by molar-refractivity contribution is -0.0181. The molecule has 3 heteroatoms. The van der Waals surface area contributed by atoms with Crippen molar-refractivity contribution in [1.29, 1.82) is 0 Å². The standard InChI is InChI=1S/C14H30N2O/c1-5-6-7-8-15-9-11-16(12-10-15)13-14(2,3)17-4/h5-13H2,1-4H3. The number of nitrogens with zero attached hydrogens (tertiary/aromatic N) is 2. The van der Waals surface area contributed by atoms with Gasteiger partial charge in [0.15, 0.2) is 0 Å². The van der Waals surface area contributed by atoms with Gasteiger partial charge >= 0.3 is 0 Å². The number of hydrogen-bond acceptors (Lipinski definition) is 3. The first-order valence-electron chi connectivity index (χ1n) is 7.07. The predicted molar refractivity (Wildman–Crippen MR) is 73.5 cm³/mol. The van der Waals surface area contributed by atoms with Crippen LogP contribution in [0.3, 0.4) is 0 Å². The van der Waals surface area contributed by atoms with Gasteiger partial charge in [-0.3, -0.25) is 4.90 Å². The Morgan fingerprint density at radius 1 is 1.00 bits per heavy atom. The Bertz CT molecular complexity index is 198. The van der Waals surface area contributed by atoms with E-state index in [0.29, 0.717) is 0 Å². The summed E-state index contributed by atoms with van der Waals surface area (Å²) in [6.45, 7) is 13.8. The van der Waals surface area contributed by atoms with E-state index >= 15 is 0 Å². The van der Waals surface area contributed by atoms with Crippen LogP contribution in [0.5, 0.6) is 0 Å². The van der Waals surface area contributed by atoms with E-state index in [4.69, 9.17) is 4.74 Å². The van der Waals surface area contributed by atoms with Gasteiger partial charge < -0.3 is 9.64 Å². The van der Waals surface area contributed by atoms with Gasteiger partial charge in [-0.15, -0.1) is 0 Å². The van der Waals surface area contributed by atoms with Gasteiger partial charge in [-0.05, 0) is 26.8 Å². The van der Waals surface area contributed by atoms with Crippen molar-refractivity contribution in [1.82, 2.24) is 9.80 Å². The van der Waals surface area contributed by atoms with Crippen LogP contribution < -0.4 is 0 Å². The second-order valence-corrected chi connectivity index (χ2v) is 5.79. The largest absolute Gasteiger partial charge is 0.377 e. The average molecular weight is 242 g/mol. The molecule has 1 heterocycles. The summed E-state index contributed by atoms with van der Waals surface area (Å²) < 4.78 is 5.49. The first-order chi connectivity index (χ1) is 8.07. The molecule has 3 nitrogen and oxygen atoms in total. The quantitative estimate of drug-likeness (QED) is 0.637. The summed E-state index contributed by atoms with van der Waals surface area (Å²) in [6, 6.07) is 0. The third-order valence-corrected chi connectivity index (χ3v) is 3.70. The third-order valence-electron chi connectivity index (χ3n) is 3.70. The van der Waals surface area contributed by atoms with Crippen molar-refractivity contribution in [2.45, 2.75) is 45.6 Å². The van der Waals surface area contributed by atoms with Gasteiger partial charge in [-0.25, -0.2) is 0 Å². The Morgan fingerprint density at radius 3 is 2.12 bits per heavy atom. The van der Waals surface area contributed by atoms with Crippen molar-refractivity contribution in [2.75, 3.05) is 46.4 Å². The normalized spacial score (nSPS) is 19.8. The number of ether oxygens (including phenoxy) is 1. The highest BCUT2D eigenvalue weighted by atomic mass is 16.5. The van der Waals surface area contributed by atoms with E-state index in [1.165, 1.54) is 52.0 Å². The molecule has 1 aliphatic rings. The predicted octanol–water partition coefficient (Wildman–Crippen LogP) is 2.22. The molecule has 0 saturated carbocycles. The highest BCUT2D eigenvalue weighted by Gasteiger charge is 2.24. The molecular weight excluding hydrogens is 212 g/mol. The highest BCUT2D eigenvalue weighted by Crippen LogP contribution is 2.12. The summed E-state index contributed by atoms with van der Waals surface area (Å²) in [5.41, 5.74) is -0.00954. The van der Waals surface area contributed by atoms with E-state index in [1.54, 1.807) is 7.11 Å². The molecule has 0 N–H and O–H groups in total. The van der Waals surface area contributed by atoms with Crippen LogP contribution in [-0.4, -0.2) is 61.8 Å². The van der Waals surface area contributed by atoms with Crippen LogP contribution in [0.4, 0.5) is 0 Å². The maximum absolute atomic E-state index is 5.49. The first kappa shape index (κ1) is 14.9. The summed E-state index contributed by atoms with van der Waals surface area (Å²) in [6.07, 6.45) is 4.05. The van der Waals surface area contributed by atoms with Gasteiger partial charge in [0.1, 0.15) is 0 Å². The van der Waals surface area contributed by atoms with Crippen molar-refractivity contribution in [2.24, 2.45) is 0 Å². The Balaban J connectivity index is 2.17. The maximum Gasteiger partial charge on any atom is 0.0749 e. The van der Waals surface area contributed by atoms with E-state index < -0.39 is 0 Å². The van der Waals surface area contributed by atoms with Crippen LogP contribution in [-0.2, 0) is 4.74 Å². The fourth-order valence-electron chi connectivity index (χ4n) is 2.36. The van der Waals surface area contributed by atoms with E-state index in [9.17, 15) is 0 Å². The molecule has 1 fully saturated rings. The number of unbranched alkanes of at least 4 members (excludes halogenated alkanes) is 2.